The molecule has 1 rings (SSSR count). The molecule has 0 aliphatic rings. The molecule has 0 aromatic heterocycles. The van der Waals surface area contributed by atoms with E-state index in [1.165, 1.54) is 6.08 Å². The second kappa shape index (κ2) is 7.56. The maximum Gasteiger partial charge on any atom is 0.328 e. The molecule has 0 spiro atoms. The topological polar surface area (TPSA) is 70.0 Å². The van der Waals surface area contributed by atoms with Crippen molar-refractivity contribution in [3.05, 3.63) is 35.4 Å². The number of carboxylic acids is 1. The SMILES string of the molecule is COc1ccc(CN(C)CCO)cc1C=CC(=O)O. The second-order valence-corrected chi connectivity index (χ2v) is 4.21. The predicted octanol–water partition coefficient (Wildman–Crippen LogP) is 1.22. The fourth-order valence-electron chi connectivity index (χ4n) is 1.73. The Labute approximate surface area is 112 Å². The van der Waals surface area contributed by atoms with Gasteiger partial charge in [0.1, 0.15) is 5.75 Å². The van der Waals surface area contributed by atoms with Crippen LogP contribution in [0.1, 0.15) is 11.1 Å². The first kappa shape index (κ1) is 15.2. The number of methoxy groups -OCH3 is 1. The van der Waals surface area contributed by atoms with E-state index in [-0.39, 0.29) is 6.61 Å². The molecule has 0 amide bonds. The molecule has 5 heteroatoms. The van der Waals surface area contributed by atoms with E-state index >= 15 is 0 Å². The molecule has 0 bridgehead atoms. The standard InChI is InChI=1S/C14H19NO4/c1-15(7-8-16)10-11-3-5-13(19-2)12(9-11)4-6-14(17)18/h3-6,9,16H,7-8,10H2,1-2H3,(H,17,18). The Kier molecular flexibility index (Phi) is 6.05. The highest BCUT2D eigenvalue weighted by atomic mass is 16.5. The molecule has 0 saturated heterocycles. The van der Waals surface area contributed by atoms with Crippen LogP contribution in [0.2, 0.25) is 0 Å². The smallest absolute Gasteiger partial charge is 0.328 e. The minimum Gasteiger partial charge on any atom is -0.496 e. The zero-order valence-electron chi connectivity index (χ0n) is 11.2. The van der Waals surface area contributed by atoms with Crippen molar-refractivity contribution in [2.24, 2.45) is 0 Å². The predicted molar refractivity (Wildman–Crippen MR) is 73.1 cm³/mol. The molecule has 19 heavy (non-hydrogen) atoms. The quantitative estimate of drug-likeness (QED) is 0.725. The summed E-state index contributed by atoms with van der Waals surface area (Å²) in [6, 6.07) is 5.61. The van der Waals surface area contributed by atoms with Crippen molar-refractivity contribution in [3.8, 4) is 5.75 Å². The van der Waals surface area contributed by atoms with Gasteiger partial charge in [-0.3, -0.25) is 4.90 Å². The number of hydrogen-bond donors (Lipinski definition) is 2. The molecular formula is C14H19NO4. The number of likely N-dealkylation sites (N-methyl/N-ethyl adjacent to an activating group) is 1. The Morgan fingerprint density at radius 2 is 2.21 bits per heavy atom. The lowest BCUT2D eigenvalue weighted by molar-refractivity contribution is -0.131. The minimum absolute atomic E-state index is 0.110. The Hall–Kier alpha value is -1.85. The maximum absolute atomic E-state index is 10.6. The number of aliphatic hydroxyl groups is 1. The van der Waals surface area contributed by atoms with Crippen molar-refractivity contribution >= 4 is 12.0 Å². The van der Waals surface area contributed by atoms with Gasteiger partial charge in [0.15, 0.2) is 0 Å². The summed E-state index contributed by atoms with van der Waals surface area (Å²) in [5.74, 6) is -0.365. The molecule has 0 unspecified atom stereocenters. The van der Waals surface area contributed by atoms with E-state index in [9.17, 15) is 4.79 Å². The van der Waals surface area contributed by atoms with Crippen LogP contribution in [0.3, 0.4) is 0 Å². The summed E-state index contributed by atoms with van der Waals surface area (Å²) in [6.07, 6.45) is 2.59. The van der Waals surface area contributed by atoms with Gasteiger partial charge in [-0.25, -0.2) is 4.79 Å². The lowest BCUT2D eigenvalue weighted by Crippen LogP contribution is -2.21. The average molecular weight is 265 g/mol. The molecule has 1 aromatic carbocycles. The third-order valence-electron chi connectivity index (χ3n) is 2.63. The van der Waals surface area contributed by atoms with Gasteiger partial charge >= 0.3 is 5.97 Å². The van der Waals surface area contributed by atoms with E-state index < -0.39 is 5.97 Å². The highest BCUT2D eigenvalue weighted by Gasteiger charge is 2.05. The number of nitrogens with zero attached hydrogens (tertiary/aromatic N) is 1. The van der Waals surface area contributed by atoms with Gasteiger partial charge in [-0.2, -0.15) is 0 Å². The number of benzene rings is 1. The van der Waals surface area contributed by atoms with Gasteiger partial charge in [0.05, 0.1) is 13.7 Å². The molecule has 0 fully saturated rings. The Balaban J connectivity index is 2.91. The van der Waals surface area contributed by atoms with Crippen LogP contribution >= 0.6 is 0 Å². The fourth-order valence-corrected chi connectivity index (χ4v) is 1.73. The van der Waals surface area contributed by atoms with Crippen LogP contribution in [-0.2, 0) is 11.3 Å². The van der Waals surface area contributed by atoms with E-state index in [4.69, 9.17) is 14.9 Å². The lowest BCUT2D eigenvalue weighted by atomic mass is 10.1. The van der Waals surface area contributed by atoms with Gasteiger partial charge in [-0.1, -0.05) is 6.07 Å². The highest BCUT2D eigenvalue weighted by Crippen LogP contribution is 2.22. The van der Waals surface area contributed by atoms with E-state index in [1.54, 1.807) is 7.11 Å². The van der Waals surface area contributed by atoms with Crippen LogP contribution in [0.4, 0.5) is 0 Å². The van der Waals surface area contributed by atoms with E-state index in [0.717, 1.165) is 17.2 Å². The maximum atomic E-state index is 10.6. The molecule has 0 atom stereocenters. The fraction of sp³-hybridized carbons (Fsp3) is 0.357. The Morgan fingerprint density at radius 1 is 1.47 bits per heavy atom. The number of hydrogen-bond acceptors (Lipinski definition) is 4. The van der Waals surface area contributed by atoms with Gasteiger partial charge in [0.25, 0.3) is 0 Å². The third-order valence-corrected chi connectivity index (χ3v) is 2.63. The zero-order valence-corrected chi connectivity index (χ0v) is 11.2. The van der Waals surface area contributed by atoms with Crippen molar-refractivity contribution < 1.29 is 19.7 Å². The van der Waals surface area contributed by atoms with Gasteiger partial charge in [-0.15, -0.1) is 0 Å². The molecule has 0 saturated carbocycles. The summed E-state index contributed by atoms with van der Waals surface area (Å²) >= 11 is 0. The van der Waals surface area contributed by atoms with Gasteiger partial charge in [0, 0.05) is 24.7 Å². The molecule has 1 aromatic rings. The molecule has 2 N–H and O–H groups in total. The van der Waals surface area contributed by atoms with Crippen LogP contribution in [0.25, 0.3) is 6.08 Å². The Bertz CT molecular complexity index is 457. The van der Waals surface area contributed by atoms with E-state index in [2.05, 4.69) is 0 Å². The number of carboxylic acid groups (broad SMARTS) is 1. The number of aliphatic hydroxyl groups excluding tert-OH is 1. The van der Waals surface area contributed by atoms with Crippen molar-refractivity contribution in [2.45, 2.75) is 6.54 Å². The summed E-state index contributed by atoms with van der Waals surface area (Å²) in [6.45, 7) is 1.38. The van der Waals surface area contributed by atoms with Crippen LogP contribution in [0.5, 0.6) is 5.75 Å². The van der Waals surface area contributed by atoms with Crippen LogP contribution in [0.15, 0.2) is 24.3 Å². The molecule has 0 radical (unpaired) electrons. The lowest BCUT2D eigenvalue weighted by Gasteiger charge is -2.16. The van der Waals surface area contributed by atoms with Gasteiger partial charge in [0.2, 0.25) is 0 Å². The minimum atomic E-state index is -0.996. The number of rotatable bonds is 7. The molecule has 5 nitrogen and oxygen atoms in total. The summed E-state index contributed by atoms with van der Waals surface area (Å²) in [5, 5.41) is 17.5. The monoisotopic (exact) mass is 265 g/mol. The van der Waals surface area contributed by atoms with E-state index in [1.807, 2.05) is 30.1 Å². The summed E-state index contributed by atoms with van der Waals surface area (Å²) in [4.78, 5) is 12.5. The highest BCUT2D eigenvalue weighted by molar-refractivity contribution is 5.85. The first-order valence-corrected chi connectivity index (χ1v) is 5.94. The van der Waals surface area contributed by atoms with Crippen molar-refractivity contribution in [1.29, 1.82) is 0 Å². The third kappa shape index (κ3) is 5.11. The summed E-state index contributed by atoms with van der Waals surface area (Å²) in [5.41, 5.74) is 1.75. The second-order valence-electron chi connectivity index (χ2n) is 4.21. The summed E-state index contributed by atoms with van der Waals surface area (Å²) < 4.78 is 5.19. The number of aliphatic carboxylic acids is 1. The molecule has 0 aliphatic carbocycles. The van der Waals surface area contributed by atoms with Crippen LogP contribution in [0, 0.1) is 0 Å². The number of carbonyl (C=O) groups is 1. The summed E-state index contributed by atoms with van der Waals surface area (Å²) in [7, 11) is 3.46. The first-order chi connectivity index (χ1) is 9.06. The Morgan fingerprint density at radius 3 is 2.79 bits per heavy atom. The van der Waals surface area contributed by atoms with E-state index in [0.29, 0.717) is 18.8 Å². The van der Waals surface area contributed by atoms with Gasteiger partial charge < -0.3 is 14.9 Å². The van der Waals surface area contributed by atoms with Crippen molar-refractivity contribution in [3.63, 3.8) is 0 Å². The van der Waals surface area contributed by atoms with Crippen molar-refractivity contribution in [1.82, 2.24) is 4.90 Å². The molecule has 104 valence electrons. The van der Waals surface area contributed by atoms with Gasteiger partial charge in [-0.05, 0) is 30.8 Å². The average Bonchev–Trinajstić information content (AvgIpc) is 2.36. The molecular weight excluding hydrogens is 246 g/mol. The normalized spacial score (nSPS) is 11.2. The molecule has 0 heterocycles. The first-order valence-electron chi connectivity index (χ1n) is 5.94. The zero-order chi connectivity index (χ0) is 14.3. The van der Waals surface area contributed by atoms with Crippen molar-refractivity contribution in [2.75, 3.05) is 27.3 Å². The number of ether oxygens (including phenoxy) is 1. The van der Waals surface area contributed by atoms with Crippen LogP contribution < -0.4 is 4.74 Å². The van der Waals surface area contributed by atoms with Crippen LogP contribution in [-0.4, -0.2) is 48.4 Å². The molecule has 0 aliphatic heterocycles. The largest absolute Gasteiger partial charge is 0.496 e.